The molecule has 1 N–H and O–H groups in total. The normalized spacial score (nSPS) is 13.2. The molecule has 1 aliphatic rings. The third-order valence-corrected chi connectivity index (χ3v) is 5.14. The molecule has 160 valence electrons. The summed E-state index contributed by atoms with van der Waals surface area (Å²) >= 11 is 0. The van der Waals surface area contributed by atoms with Crippen molar-refractivity contribution in [2.75, 3.05) is 5.32 Å². The number of halogens is 3. The van der Waals surface area contributed by atoms with Gasteiger partial charge in [0.15, 0.2) is 5.65 Å². The molecule has 2 aromatic heterocycles. The zero-order chi connectivity index (χ0) is 22.5. The van der Waals surface area contributed by atoms with Gasteiger partial charge in [0.2, 0.25) is 5.95 Å². The Balaban J connectivity index is 1.60. The summed E-state index contributed by atoms with van der Waals surface area (Å²) in [5.41, 5.74) is 0.0404. The summed E-state index contributed by atoms with van der Waals surface area (Å²) in [6, 6.07) is 13.3. The van der Waals surface area contributed by atoms with E-state index in [9.17, 15) is 22.8 Å². The van der Waals surface area contributed by atoms with Crippen molar-refractivity contribution in [3.05, 3.63) is 93.9 Å². The van der Waals surface area contributed by atoms with Crippen LogP contribution in [-0.2, 0) is 12.7 Å². The molecule has 0 radical (unpaired) electrons. The Morgan fingerprint density at radius 1 is 1.06 bits per heavy atom. The lowest BCUT2D eigenvalue weighted by atomic mass is 10.1. The molecule has 0 spiro atoms. The summed E-state index contributed by atoms with van der Waals surface area (Å²) in [6.07, 6.45) is -1.51. The van der Waals surface area contributed by atoms with Crippen LogP contribution in [0.3, 0.4) is 0 Å². The zero-order valence-corrected chi connectivity index (χ0v) is 16.3. The maximum absolute atomic E-state index is 13.2. The van der Waals surface area contributed by atoms with Gasteiger partial charge in [-0.25, -0.2) is 4.68 Å². The van der Waals surface area contributed by atoms with Gasteiger partial charge in [-0.05, 0) is 30.3 Å². The lowest BCUT2D eigenvalue weighted by molar-refractivity contribution is -0.137. The summed E-state index contributed by atoms with van der Waals surface area (Å²) < 4.78 is 42.5. The molecular formula is C22H14F3N5O2. The molecule has 0 atom stereocenters. The number of amides is 1. The first-order chi connectivity index (χ1) is 15.3. The summed E-state index contributed by atoms with van der Waals surface area (Å²) in [6.45, 7) is 0.172. The minimum absolute atomic E-state index is 0.0254. The molecule has 0 unspecified atom stereocenters. The van der Waals surface area contributed by atoms with Gasteiger partial charge in [0.05, 0.1) is 17.5 Å². The molecule has 2 aromatic carbocycles. The van der Waals surface area contributed by atoms with E-state index in [1.807, 2.05) is 0 Å². The molecule has 3 heterocycles. The monoisotopic (exact) mass is 437 g/mol. The van der Waals surface area contributed by atoms with Gasteiger partial charge in [-0.1, -0.05) is 30.3 Å². The fraction of sp³-hybridized carbons (Fsp3) is 0.0909. The van der Waals surface area contributed by atoms with E-state index < -0.39 is 23.2 Å². The molecule has 10 heteroatoms. The fourth-order valence-corrected chi connectivity index (χ4v) is 3.64. The second-order valence-electron chi connectivity index (χ2n) is 7.13. The summed E-state index contributed by atoms with van der Waals surface area (Å²) in [5, 5.41) is 7.04. The molecule has 0 bridgehead atoms. The second-order valence-corrected chi connectivity index (χ2v) is 7.13. The molecule has 7 nitrogen and oxygen atoms in total. The van der Waals surface area contributed by atoms with Crippen molar-refractivity contribution < 1.29 is 18.0 Å². The Morgan fingerprint density at radius 2 is 1.84 bits per heavy atom. The van der Waals surface area contributed by atoms with E-state index in [1.54, 1.807) is 47.0 Å². The number of hydrogen-bond acceptors (Lipinski definition) is 4. The molecule has 1 amide bonds. The Morgan fingerprint density at radius 3 is 2.59 bits per heavy atom. The highest BCUT2D eigenvalue weighted by Gasteiger charge is 2.31. The minimum atomic E-state index is -4.49. The lowest BCUT2D eigenvalue weighted by Crippen LogP contribution is -2.25. The van der Waals surface area contributed by atoms with Crippen molar-refractivity contribution in [1.29, 1.82) is 0 Å². The number of alkyl halides is 3. The van der Waals surface area contributed by atoms with Gasteiger partial charge in [0.1, 0.15) is 5.39 Å². The Labute approximate surface area is 178 Å². The van der Waals surface area contributed by atoms with E-state index in [4.69, 9.17) is 0 Å². The van der Waals surface area contributed by atoms with Crippen LogP contribution in [-0.4, -0.2) is 25.2 Å². The van der Waals surface area contributed by atoms with E-state index in [1.165, 1.54) is 16.9 Å². The van der Waals surface area contributed by atoms with Gasteiger partial charge >= 0.3 is 6.18 Å². The maximum Gasteiger partial charge on any atom is 0.416 e. The third kappa shape index (κ3) is 3.25. The Hall–Kier alpha value is -4.21. The standard InChI is InChI=1S/C22H14F3N5O2/c23-22(24,25)15-8-4-7-14(11-15)17-9-10-29-20-16(12-26-30(17)20)19(32)28-21(29)27-18(31)13-5-2-1-3-6-13/h1-9,11-12H,10H2,(H,27,28,31,32). The fourth-order valence-electron chi connectivity index (χ4n) is 3.64. The first-order valence-corrected chi connectivity index (χ1v) is 9.56. The molecule has 5 rings (SSSR count). The Kier molecular flexibility index (Phi) is 4.43. The van der Waals surface area contributed by atoms with E-state index in [-0.39, 0.29) is 17.9 Å². The number of allylic oxidation sites excluding steroid dienone is 1. The molecular weight excluding hydrogens is 423 g/mol. The highest BCUT2D eigenvalue weighted by Crippen LogP contribution is 2.33. The van der Waals surface area contributed by atoms with Crippen molar-refractivity contribution in [3.8, 4) is 0 Å². The molecule has 32 heavy (non-hydrogen) atoms. The number of rotatable bonds is 3. The zero-order valence-electron chi connectivity index (χ0n) is 16.3. The largest absolute Gasteiger partial charge is 0.416 e. The first kappa shape index (κ1) is 19.7. The molecule has 1 aliphatic heterocycles. The average Bonchev–Trinajstić information content (AvgIpc) is 3.23. The number of aromatic nitrogens is 4. The summed E-state index contributed by atoms with van der Waals surface area (Å²) in [5.74, 6) is -0.420. The van der Waals surface area contributed by atoms with Crippen molar-refractivity contribution in [2.45, 2.75) is 12.7 Å². The topological polar surface area (TPSA) is 81.8 Å². The van der Waals surface area contributed by atoms with Crippen molar-refractivity contribution in [2.24, 2.45) is 0 Å². The van der Waals surface area contributed by atoms with Crippen molar-refractivity contribution in [1.82, 2.24) is 19.3 Å². The van der Waals surface area contributed by atoms with Crippen LogP contribution in [0, 0.1) is 0 Å². The maximum atomic E-state index is 13.2. The van der Waals surface area contributed by atoms with Gasteiger partial charge in [-0.2, -0.15) is 23.3 Å². The highest BCUT2D eigenvalue weighted by atomic mass is 19.4. The summed E-state index contributed by atoms with van der Waals surface area (Å²) in [7, 11) is 0. The summed E-state index contributed by atoms with van der Waals surface area (Å²) in [4.78, 5) is 29.1. The van der Waals surface area contributed by atoms with Crippen LogP contribution in [0.15, 0.2) is 71.7 Å². The van der Waals surface area contributed by atoms with E-state index in [0.29, 0.717) is 22.5 Å². The average molecular weight is 437 g/mol. The number of nitrogens with one attached hydrogen (secondary N) is 1. The first-order valence-electron chi connectivity index (χ1n) is 9.56. The van der Waals surface area contributed by atoms with Gasteiger partial charge in [0, 0.05) is 17.7 Å². The molecule has 0 saturated heterocycles. The van der Waals surface area contributed by atoms with Crippen LogP contribution >= 0.6 is 0 Å². The van der Waals surface area contributed by atoms with E-state index in [0.717, 1.165) is 12.1 Å². The predicted molar refractivity (Wildman–Crippen MR) is 111 cm³/mol. The third-order valence-electron chi connectivity index (χ3n) is 5.14. The number of carbonyl (C=O) groups is 1. The predicted octanol–water partition coefficient (Wildman–Crippen LogP) is 3.77. The van der Waals surface area contributed by atoms with Gasteiger partial charge in [-0.15, -0.1) is 0 Å². The Bertz CT molecular complexity index is 1450. The van der Waals surface area contributed by atoms with Crippen LogP contribution < -0.4 is 10.9 Å². The van der Waals surface area contributed by atoms with Gasteiger partial charge in [0.25, 0.3) is 11.5 Å². The number of nitrogens with zero attached hydrogens (tertiary/aromatic N) is 4. The van der Waals surface area contributed by atoms with Crippen LogP contribution in [0.2, 0.25) is 0 Å². The molecule has 0 fully saturated rings. The number of hydrogen-bond donors (Lipinski definition) is 1. The van der Waals surface area contributed by atoms with Gasteiger partial charge < -0.3 is 0 Å². The van der Waals surface area contributed by atoms with Crippen LogP contribution in [0.4, 0.5) is 19.1 Å². The molecule has 0 aliphatic carbocycles. The van der Waals surface area contributed by atoms with Crippen LogP contribution in [0.1, 0.15) is 21.5 Å². The highest BCUT2D eigenvalue weighted by molar-refractivity contribution is 6.03. The number of carbonyl (C=O) groups excluding carboxylic acids is 1. The lowest BCUT2D eigenvalue weighted by Gasteiger charge is -2.21. The van der Waals surface area contributed by atoms with E-state index in [2.05, 4.69) is 15.4 Å². The molecule has 0 saturated carbocycles. The number of benzene rings is 2. The van der Waals surface area contributed by atoms with Crippen LogP contribution in [0.25, 0.3) is 16.7 Å². The quantitative estimate of drug-likeness (QED) is 0.529. The van der Waals surface area contributed by atoms with Crippen molar-refractivity contribution >= 4 is 28.6 Å². The van der Waals surface area contributed by atoms with Crippen LogP contribution in [0.5, 0.6) is 0 Å². The second kappa shape index (κ2) is 7.19. The van der Waals surface area contributed by atoms with Gasteiger partial charge in [-0.3, -0.25) is 19.5 Å². The smallest absolute Gasteiger partial charge is 0.292 e. The number of anilines is 1. The van der Waals surface area contributed by atoms with E-state index >= 15 is 0 Å². The van der Waals surface area contributed by atoms with Crippen molar-refractivity contribution in [3.63, 3.8) is 0 Å². The molecule has 4 aromatic rings. The SMILES string of the molecule is O=C(Nc1nc(=O)c2cnn3c2n1CC=C3c1cccc(C(F)(F)F)c1)c1ccccc1. The minimum Gasteiger partial charge on any atom is -0.292 e.